The van der Waals surface area contributed by atoms with Crippen LogP contribution in [-0.4, -0.2) is 43.9 Å². The van der Waals surface area contributed by atoms with E-state index in [1.807, 2.05) is 60.7 Å². The van der Waals surface area contributed by atoms with Gasteiger partial charge in [-0.25, -0.2) is 0 Å². The van der Waals surface area contributed by atoms with Gasteiger partial charge in [0.15, 0.2) is 0 Å². The molecule has 1 saturated carbocycles. The summed E-state index contributed by atoms with van der Waals surface area (Å²) < 4.78 is 0. The standard InChI is InChI=1S/C32H30N2O4.Cu/c35-23-15-17-25(29(37)19-23)31(21-9-3-1-4-10-21)33-27-13-7-8-14-28(27)34-32(22-11-5-2-6-12-22)26-18-16-24(36)20-30(26)38;/h1-6,9-12,15-20,27-28,35-38H,7-8,13-14H2;. The van der Waals surface area contributed by atoms with Gasteiger partial charge in [-0.3, -0.25) is 9.98 Å². The van der Waals surface area contributed by atoms with Crippen molar-refractivity contribution in [3.8, 4) is 23.0 Å². The predicted octanol–water partition coefficient (Wildman–Crippen LogP) is 6.19. The van der Waals surface area contributed by atoms with Crippen LogP contribution in [0.25, 0.3) is 0 Å². The Kier molecular flexibility index (Phi) is 9.07. The van der Waals surface area contributed by atoms with Gasteiger partial charge < -0.3 is 20.4 Å². The van der Waals surface area contributed by atoms with Crippen LogP contribution in [0.3, 0.4) is 0 Å². The summed E-state index contributed by atoms with van der Waals surface area (Å²) in [6, 6.07) is 28.2. The minimum absolute atomic E-state index is 0. The van der Waals surface area contributed by atoms with Gasteiger partial charge in [0.05, 0.1) is 23.5 Å². The number of phenols is 4. The number of benzene rings is 4. The molecule has 203 valence electrons. The van der Waals surface area contributed by atoms with E-state index in [1.165, 1.54) is 12.1 Å². The van der Waals surface area contributed by atoms with Crippen molar-refractivity contribution in [2.45, 2.75) is 37.8 Å². The van der Waals surface area contributed by atoms with E-state index in [9.17, 15) is 20.4 Å². The van der Waals surface area contributed by atoms with Crippen LogP contribution < -0.4 is 0 Å². The zero-order chi connectivity index (χ0) is 26.5. The van der Waals surface area contributed by atoms with E-state index in [-0.39, 0.29) is 52.2 Å². The number of aromatic hydroxyl groups is 4. The minimum Gasteiger partial charge on any atom is -0.508 e. The molecule has 0 aliphatic heterocycles. The summed E-state index contributed by atoms with van der Waals surface area (Å²) in [4.78, 5) is 10.4. The van der Waals surface area contributed by atoms with Crippen LogP contribution in [0, 0.1) is 0 Å². The smallest absolute Gasteiger partial charge is 0.128 e. The first kappa shape index (κ1) is 28.0. The largest absolute Gasteiger partial charge is 0.508 e. The first-order chi connectivity index (χ1) is 18.5. The summed E-state index contributed by atoms with van der Waals surface area (Å²) in [7, 11) is 0. The first-order valence-corrected chi connectivity index (χ1v) is 12.8. The number of hydrogen-bond donors (Lipinski definition) is 4. The van der Waals surface area contributed by atoms with Gasteiger partial charge in [0.1, 0.15) is 23.0 Å². The van der Waals surface area contributed by atoms with Gasteiger partial charge in [0.2, 0.25) is 0 Å². The quantitative estimate of drug-likeness (QED) is 0.164. The topological polar surface area (TPSA) is 106 Å². The molecule has 1 aliphatic carbocycles. The predicted molar refractivity (Wildman–Crippen MR) is 150 cm³/mol. The van der Waals surface area contributed by atoms with Crippen molar-refractivity contribution in [3.63, 3.8) is 0 Å². The van der Waals surface area contributed by atoms with Crippen molar-refractivity contribution in [1.82, 2.24) is 0 Å². The van der Waals surface area contributed by atoms with E-state index >= 15 is 0 Å². The van der Waals surface area contributed by atoms with Gasteiger partial charge in [0.25, 0.3) is 0 Å². The molecule has 4 N–H and O–H groups in total. The van der Waals surface area contributed by atoms with E-state index < -0.39 is 0 Å². The Labute approximate surface area is 238 Å². The van der Waals surface area contributed by atoms with Crippen molar-refractivity contribution in [1.29, 1.82) is 0 Å². The molecule has 0 amide bonds. The van der Waals surface area contributed by atoms with Gasteiger partial charge in [-0.05, 0) is 37.1 Å². The molecule has 1 radical (unpaired) electrons. The molecule has 5 rings (SSSR count). The van der Waals surface area contributed by atoms with Crippen LogP contribution in [0.2, 0.25) is 0 Å². The van der Waals surface area contributed by atoms with Gasteiger partial charge >= 0.3 is 0 Å². The molecule has 6 nitrogen and oxygen atoms in total. The molecule has 0 heterocycles. The van der Waals surface area contributed by atoms with Crippen molar-refractivity contribution in [2.24, 2.45) is 9.98 Å². The summed E-state index contributed by atoms with van der Waals surface area (Å²) >= 11 is 0. The van der Waals surface area contributed by atoms with Crippen LogP contribution in [0.5, 0.6) is 23.0 Å². The summed E-state index contributed by atoms with van der Waals surface area (Å²) in [5.74, 6) is -0.107. The fourth-order valence-corrected chi connectivity index (χ4v) is 4.96. The maximum atomic E-state index is 10.7. The van der Waals surface area contributed by atoms with E-state index in [1.54, 1.807) is 24.3 Å². The first-order valence-electron chi connectivity index (χ1n) is 12.8. The Morgan fingerprint density at radius 1 is 0.538 bits per heavy atom. The molecule has 7 heteroatoms. The summed E-state index contributed by atoms with van der Waals surface area (Å²) in [5, 5.41) is 41.1. The second-order valence-electron chi connectivity index (χ2n) is 9.51. The molecule has 2 unspecified atom stereocenters. The number of hydrogen-bond acceptors (Lipinski definition) is 6. The summed E-state index contributed by atoms with van der Waals surface area (Å²) in [6.45, 7) is 0. The molecule has 2 atom stereocenters. The fraction of sp³-hybridized carbons (Fsp3) is 0.188. The zero-order valence-corrected chi connectivity index (χ0v) is 22.1. The second kappa shape index (κ2) is 12.7. The summed E-state index contributed by atoms with van der Waals surface area (Å²) in [5.41, 5.74) is 4.10. The molecule has 0 aromatic heterocycles. The third-order valence-corrected chi connectivity index (χ3v) is 6.85. The number of rotatable bonds is 6. The van der Waals surface area contributed by atoms with Crippen LogP contribution >= 0.6 is 0 Å². The van der Waals surface area contributed by atoms with Crippen molar-refractivity contribution in [2.75, 3.05) is 0 Å². The van der Waals surface area contributed by atoms with E-state index in [4.69, 9.17) is 9.98 Å². The Balaban J connectivity index is 0.00000353. The van der Waals surface area contributed by atoms with Crippen LogP contribution in [0.4, 0.5) is 0 Å². The van der Waals surface area contributed by atoms with E-state index in [2.05, 4.69) is 0 Å². The summed E-state index contributed by atoms with van der Waals surface area (Å²) in [6.07, 6.45) is 3.67. The normalized spacial score (nSPS) is 17.8. The molecule has 39 heavy (non-hydrogen) atoms. The van der Waals surface area contributed by atoms with Crippen LogP contribution in [0.1, 0.15) is 47.9 Å². The van der Waals surface area contributed by atoms with Gasteiger partial charge in [0, 0.05) is 51.5 Å². The Bertz CT molecular complexity index is 1360. The molecule has 4 aromatic rings. The van der Waals surface area contributed by atoms with Crippen LogP contribution in [0.15, 0.2) is 107 Å². The van der Waals surface area contributed by atoms with Gasteiger partial charge in [-0.2, -0.15) is 0 Å². The second-order valence-corrected chi connectivity index (χ2v) is 9.51. The average Bonchev–Trinajstić information content (AvgIpc) is 2.93. The Hall–Kier alpha value is -4.06. The SMILES string of the molecule is Oc1ccc(C(=NC2CCCCC2N=C(c2ccccc2)c2ccc(O)cc2O)c2ccccc2)c(O)c1.[Cu]. The molecule has 1 fully saturated rings. The molecular weight excluding hydrogens is 540 g/mol. The van der Waals surface area contributed by atoms with Gasteiger partial charge in [-0.15, -0.1) is 0 Å². The van der Waals surface area contributed by atoms with Crippen molar-refractivity contribution in [3.05, 3.63) is 119 Å². The fourth-order valence-electron chi connectivity index (χ4n) is 4.96. The number of phenolic OH excluding ortho intramolecular Hbond substituents is 4. The van der Waals surface area contributed by atoms with E-state index in [0.717, 1.165) is 36.8 Å². The van der Waals surface area contributed by atoms with Crippen molar-refractivity contribution >= 4 is 11.4 Å². The minimum atomic E-state index is -0.162. The number of aliphatic imine (C=N–C) groups is 2. The third-order valence-electron chi connectivity index (χ3n) is 6.85. The molecular formula is C32H30CuN2O4. The van der Waals surface area contributed by atoms with E-state index in [0.29, 0.717) is 22.6 Å². The Morgan fingerprint density at radius 2 is 0.923 bits per heavy atom. The molecule has 4 aromatic carbocycles. The maximum Gasteiger partial charge on any atom is 0.128 e. The monoisotopic (exact) mass is 569 g/mol. The van der Waals surface area contributed by atoms with Crippen molar-refractivity contribution < 1.29 is 37.5 Å². The molecule has 0 saturated heterocycles. The number of nitrogens with zero attached hydrogens (tertiary/aromatic N) is 2. The molecule has 0 bridgehead atoms. The molecule has 0 spiro atoms. The maximum absolute atomic E-state index is 10.7. The Morgan fingerprint density at radius 3 is 1.28 bits per heavy atom. The van der Waals surface area contributed by atoms with Gasteiger partial charge in [-0.1, -0.05) is 73.5 Å². The average molecular weight is 570 g/mol. The zero-order valence-electron chi connectivity index (χ0n) is 21.2. The van der Waals surface area contributed by atoms with Crippen LogP contribution in [-0.2, 0) is 17.1 Å². The molecule has 1 aliphatic rings. The third kappa shape index (κ3) is 6.51.